The maximum atomic E-state index is 12.1. The van der Waals surface area contributed by atoms with E-state index >= 15 is 0 Å². The van der Waals surface area contributed by atoms with Crippen LogP contribution in [0.3, 0.4) is 0 Å². The third kappa shape index (κ3) is 3.07. The highest BCUT2D eigenvalue weighted by molar-refractivity contribution is 7.99. The first kappa shape index (κ1) is 15.6. The Kier molecular flexibility index (Phi) is 4.45. The van der Waals surface area contributed by atoms with Crippen molar-refractivity contribution in [1.82, 2.24) is 19.2 Å². The van der Waals surface area contributed by atoms with Crippen molar-refractivity contribution in [2.24, 2.45) is 0 Å². The molecule has 0 spiro atoms. The van der Waals surface area contributed by atoms with E-state index in [0.29, 0.717) is 11.3 Å². The second kappa shape index (κ2) is 6.55. The molecule has 7 heteroatoms. The number of nitrogens with zero attached hydrogens (tertiary/aromatic N) is 4. The smallest absolute Gasteiger partial charge is 0.258 e. The first-order chi connectivity index (χ1) is 11.2. The van der Waals surface area contributed by atoms with E-state index in [1.54, 1.807) is 16.7 Å². The fourth-order valence-corrected chi connectivity index (χ4v) is 5.49. The summed E-state index contributed by atoms with van der Waals surface area (Å²) in [5, 5.41) is 2.58. The summed E-state index contributed by atoms with van der Waals surface area (Å²) < 4.78 is 1.62. The Balaban J connectivity index is 1.50. The average molecular weight is 351 g/mol. The van der Waals surface area contributed by atoms with Crippen LogP contribution in [-0.4, -0.2) is 62.9 Å². The van der Waals surface area contributed by atoms with E-state index in [-0.39, 0.29) is 5.56 Å². The van der Waals surface area contributed by atoms with Crippen LogP contribution >= 0.6 is 23.1 Å². The van der Waals surface area contributed by atoms with Crippen molar-refractivity contribution in [1.29, 1.82) is 0 Å². The topological polar surface area (TPSA) is 40.9 Å². The van der Waals surface area contributed by atoms with E-state index in [1.807, 2.05) is 17.1 Å². The number of likely N-dealkylation sites (tertiary alicyclic amines) is 2. The molecule has 4 rings (SSSR count). The summed E-state index contributed by atoms with van der Waals surface area (Å²) >= 11 is 3.50. The van der Waals surface area contributed by atoms with E-state index in [9.17, 15) is 4.79 Å². The molecule has 0 bridgehead atoms. The predicted molar refractivity (Wildman–Crippen MR) is 96.5 cm³/mol. The summed E-state index contributed by atoms with van der Waals surface area (Å²) in [5.41, 5.74) is 0.933. The lowest BCUT2D eigenvalue weighted by atomic mass is 10.2. The van der Waals surface area contributed by atoms with Gasteiger partial charge in [0.05, 0.1) is 5.69 Å². The Morgan fingerprint density at radius 3 is 2.96 bits per heavy atom. The van der Waals surface area contributed by atoms with Crippen molar-refractivity contribution in [3.8, 4) is 0 Å². The van der Waals surface area contributed by atoms with Gasteiger partial charge in [0.15, 0.2) is 4.96 Å². The van der Waals surface area contributed by atoms with E-state index in [0.717, 1.165) is 30.3 Å². The average Bonchev–Trinajstić information content (AvgIpc) is 3.27. The summed E-state index contributed by atoms with van der Waals surface area (Å²) in [6.07, 6.45) is 6.69. The number of thiazole rings is 1. The van der Waals surface area contributed by atoms with Crippen LogP contribution in [0.5, 0.6) is 0 Å². The molecule has 0 aliphatic carbocycles. The summed E-state index contributed by atoms with van der Waals surface area (Å²) in [6, 6.07) is 2.34. The van der Waals surface area contributed by atoms with Crippen LogP contribution < -0.4 is 5.56 Å². The predicted octanol–water partition coefficient (Wildman–Crippen LogP) is 1.77. The Hall–Kier alpha value is -0.890. The number of hydrogen-bond donors (Lipinski definition) is 0. The first-order valence-corrected chi connectivity index (χ1v) is 10.4. The zero-order chi connectivity index (χ0) is 15.8. The van der Waals surface area contributed by atoms with Crippen LogP contribution in [0.1, 0.15) is 18.5 Å². The molecule has 124 valence electrons. The fourth-order valence-electron chi connectivity index (χ4n) is 3.82. The van der Waals surface area contributed by atoms with Crippen molar-refractivity contribution < 1.29 is 0 Å². The molecule has 2 atom stereocenters. The second-order valence-electron chi connectivity index (χ2n) is 6.42. The number of hydrogen-bond acceptors (Lipinski definition) is 6. The van der Waals surface area contributed by atoms with Gasteiger partial charge in [-0.15, -0.1) is 11.3 Å². The SMILES string of the molecule is CS[C@H]1CN(Cc2cc(=O)n3ccsc3n2)C[C@H]1N1CCCC1. The highest BCUT2D eigenvalue weighted by atomic mass is 32.2. The maximum absolute atomic E-state index is 12.1. The molecular weight excluding hydrogens is 328 g/mol. The van der Waals surface area contributed by atoms with Gasteiger partial charge in [0.1, 0.15) is 0 Å². The molecule has 0 unspecified atom stereocenters. The van der Waals surface area contributed by atoms with Gasteiger partial charge in [-0.2, -0.15) is 11.8 Å². The Morgan fingerprint density at radius 1 is 1.35 bits per heavy atom. The lowest BCUT2D eigenvalue weighted by molar-refractivity contribution is 0.230. The highest BCUT2D eigenvalue weighted by Crippen LogP contribution is 2.28. The molecule has 0 saturated carbocycles. The van der Waals surface area contributed by atoms with Gasteiger partial charge >= 0.3 is 0 Å². The van der Waals surface area contributed by atoms with Gasteiger partial charge in [-0.05, 0) is 32.2 Å². The second-order valence-corrected chi connectivity index (χ2v) is 8.37. The first-order valence-electron chi connectivity index (χ1n) is 8.19. The molecule has 2 saturated heterocycles. The minimum absolute atomic E-state index is 0.0305. The third-order valence-electron chi connectivity index (χ3n) is 4.97. The zero-order valence-electron chi connectivity index (χ0n) is 13.4. The molecule has 2 aromatic heterocycles. The van der Waals surface area contributed by atoms with Gasteiger partial charge in [-0.3, -0.25) is 19.0 Å². The summed E-state index contributed by atoms with van der Waals surface area (Å²) in [5.74, 6) is 0. The van der Waals surface area contributed by atoms with Crippen molar-refractivity contribution in [3.63, 3.8) is 0 Å². The van der Waals surface area contributed by atoms with Crippen LogP contribution in [0, 0.1) is 0 Å². The van der Waals surface area contributed by atoms with E-state index in [4.69, 9.17) is 0 Å². The normalized spacial score (nSPS) is 26.5. The van der Waals surface area contributed by atoms with Crippen molar-refractivity contribution in [3.05, 3.63) is 33.7 Å². The Labute approximate surface area is 144 Å². The standard InChI is InChI=1S/C16H22N4OS2/c1-22-14-11-18(10-13(14)19-4-2-3-5-19)9-12-8-15(21)20-6-7-23-16(20)17-12/h6-8,13-14H,2-5,9-11H2,1H3/t13-,14+/m1/s1. The van der Waals surface area contributed by atoms with Crippen molar-refractivity contribution >= 4 is 28.1 Å². The quantitative estimate of drug-likeness (QED) is 0.841. The van der Waals surface area contributed by atoms with Gasteiger partial charge in [0.25, 0.3) is 5.56 Å². The van der Waals surface area contributed by atoms with Crippen molar-refractivity contribution in [2.75, 3.05) is 32.4 Å². The van der Waals surface area contributed by atoms with Crippen LogP contribution in [-0.2, 0) is 6.54 Å². The molecule has 0 radical (unpaired) electrons. The molecule has 4 heterocycles. The molecule has 2 aliphatic heterocycles. The largest absolute Gasteiger partial charge is 0.298 e. The molecule has 23 heavy (non-hydrogen) atoms. The third-order valence-corrected chi connectivity index (χ3v) is 6.79. The highest BCUT2D eigenvalue weighted by Gasteiger charge is 2.37. The van der Waals surface area contributed by atoms with Gasteiger partial charge in [0, 0.05) is 48.6 Å². The van der Waals surface area contributed by atoms with Gasteiger partial charge in [-0.25, -0.2) is 4.98 Å². The maximum Gasteiger partial charge on any atom is 0.258 e. The van der Waals surface area contributed by atoms with Gasteiger partial charge in [-0.1, -0.05) is 0 Å². The van der Waals surface area contributed by atoms with Crippen LogP contribution in [0.25, 0.3) is 4.96 Å². The van der Waals surface area contributed by atoms with Crippen LogP contribution in [0.2, 0.25) is 0 Å². The zero-order valence-corrected chi connectivity index (χ0v) is 15.0. The molecule has 0 N–H and O–H groups in total. The number of thioether (sulfide) groups is 1. The van der Waals surface area contributed by atoms with Crippen molar-refractivity contribution in [2.45, 2.75) is 30.7 Å². The number of fused-ring (bicyclic) bond motifs is 1. The summed E-state index contributed by atoms with van der Waals surface area (Å²) in [7, 11) is 0. The van der Waals surface area contributed by atoms with Crippen LogP contribution in [0.15, 0.2) is 22.4 Å². The molecule has 2 aliphatic rings. The lowest BCUT2D eigenvalue weighted by Gasteiger charge is -2.27. The van der Waals surface area contributed by atoms with E-state index in [1.165, 1.54) is 37.3 Å². The lowest BCUT2D eigenvalue weighted by Crippen LogP contribution is -2.40. The Morgan fingerprint density at radius 2 is 2.17 bits per heavy atom. The summed E-state index contributed by atoms with van der Waals surface area (Å²) in [4.78, 5) is 22.7. The van der Waals surface area contributed by atoms with Crippen LogP contribution in [0.4, 0.5) is 0 Å². The van der Waals surface area contributed by atoms with Gasteiger partial charge < -0.3 is 0 Å². The molecule has 0 amide bonds. The monoisotopic (exact) mass is 350 g/mol. The molecular formula is C16H22N4OS2. The number of aromatic nitrogens is 2. The van der Waals surface area contributed by atoms with E-state index < -0.39 is 0 Å². The molecule has 2 fully saturated rings. The van der Waals surface area contributed by atoms with Gasteiger partial charge in [0.2, 0.25) is 0 Å². The minimum Gasteiger partial charge on any atom is -0.298 e. The Bertz CT molecular complexity index is 737. The minimum atomic E-state index is 0.0305. The number of rotatable bonds is 4. The fraction of sp³-hybridized carbons (Fsp3) is 0.625. The molecule has 0 aromatic carbocycles. The molecule has 5 nitrogen and oxygen atoms in total. The molecule has 2 aromatic rings. The summed E-state index contributed by atoms with van der Waals surface area (Å²) in [6.45, 7) is 5.46. The van der Waals surface area contributed by atoms with E-state index in [2.05, 4.69) is 21.0 Å².